The first-order valence-electron chi connectivity index (χ1n) is 11.0. The SMILES string of the molecule is Cc1cn2c3c(=O)n(CCN4CCCCC4)c(=O)n(C)c3nc2n1C1CCCC1. The van der Waals surface area contributed by atoms with Crippen LogP contribution in [-0.2, 0) is 13.6 Å². The minimum atomic E-state index is -0.274. The topological polar surface area (TPSA) is 69.5 Å². The van der Waals surface area contributed by atoms with Crippen molar-refractivity contribution in [3.05, 3.63) is 32.7 Å². The summed E-state index contributed by atoms with van der Waals surface area (Å²) in [6.45, 7) is 5.35. The van der Waals surface area contributed by atoms with Crippen LogP contribution in [0.25, 0.3) is 16.9 Å². The molecular weight excluding hydrogens is 368 g/mol. The Morgan fingerprint density at radius 3 is 2.48 bits per heavy atom. The maximum Gasteiger partial charge on any atom is 0.332 e. The predicted octanol–water partition coefficient (Wildman–Crippen LogP) is 2.06. The van der Waals surface area contributed by atoms with Gasteiger partial charge in [0.1, 0.15) is 0 Å². The Kier molecular flexibility index (Phi) is 4.61. The second kappa shape index (κ2) is 7.16. The summed E-state index contributed by atoms with van der Waals surface area (Å²) < 4.78 is 7.10. The molecular formula is C21H30N6O2. The molecule has 4 heterocycles. The summed E-state index contributed by atoms with van der Waals surface area (Å²) in [6.07, 6.45) is 10.4. The van der Waals surface area contributed by atoms with Gasteiger partial charge in [0.2, 0.25) is 5.78 Å². The second-order valence-electron chi connectivity index (χ2n) is 8.73. The van der Waals surface area contributed by atoms with Gasteiger partial charge in [-0.25, -0.2) is 4.79 Å². The molecule has 156 valence electrons. The molecule has 0 bridgehead atoms. The molecule has 1 saturated carbocycles. The first-order valence-corrected chi connectivity index (χ1v) is 11.0. The quantitative estimate of drug-likeness (QED) is 0.675. The zero-order valence-corrected chi connectivity index (χ0v) is 17.4. The van der Waals surface area contributed by atoms with Crippen LogP contribution in [0.4, 0.5) is 0 Å². The summed E-state index contributed by atoms with van der Waals surface area (Å²) in [6, 6.07) is 0.433. The standard InChI is InChI=1S/C21H30N6O2/c1-15-14-26-17-18(22-20(26)27(15)16-8-4-5-9-16)23(2)21(29)25(19(17)28)13-12-24-10-6-3-7-11-24/h14,16H,3-13H2,1-2H3. The van der Waals surface area contributed by atoms with Crippen LogP contribution >= 0.6 is 0 Å². The van der Waals surface area contributed by atoms with Gasteiger partial charge in [-0.1, -0.05) is 19.3 Å². The van der Waals surface area contributed by atoms with Crippen LogP contribution in [0.15, 0.2) is 15.8 Å². The van der Waals surface area contributed by atoms with Gasteiger partial charge in [0.15, 0.2) is 11.2 Å². The monoisotopic (exact) mass is 398 g/mol. The molecule has 1 saturated heterocycles. The van der Waals surface area contributed by atoms with E-state index in [1.165, 1.54) is 41.2 Å². The van der Waals surface area contributed by atoms with Gasteiger partial charge >= 0.3 is 5.69 Å². The molecule has 0 unspecified atom stereocenters. The number of aromatic nitrogens is 5. The predicted molar refractivity (Wildman–Crippen MR) is 113 cm³/mol. The molecule has 5 rings (SSSR count). The Morgan fingerprint density at radius 1 is 1.03 bits per heavy atom. The van der Waals surface area contributed by atoms with E-state index >= 15 is 0 Å². The highest BCUT2D eigenvalue weighted by Gasteiger charge is 2.25. The summed E-state index contributed by atoms with van der Waals surface area (Å²) in [5.74, 6) is 0.783. The minimum absolute atomic E-state index is 0.226. The molecule has 1 aliphatic heterocycles. The number of likely N-dealkylation sites (tertiary alicyclic amines) is 1. The normalized spacial score (nSPS) is 19.1. The third-order valence-corrected chi connectivity index (χ3v) is 6.85. The Bertz CT molecular complexity index is 1170. The van der Waals surface area contributed by atoms with Crippen LogP contribution in [0.5, 0.6) is 0 Å². The molecule has 8 heteroatoms. The third-order valence-electron chi connectivity index (χ3n) is 6.85. The van der Waals surface area contributed by atoms with Crippen LogP contribution in [0.3, 0.4) is 0 Å². The maximum atomic E-state index is 13.4. The van der Waals surface area contributed by atoms with Crippen molar-refractivity contribution >= 4 is 16.9 Å². The van der Waals surface area contributed by atoms with Crippen LogP contribution < -0.4 is 11.2 Å². The zero-order valence-electron chi connectivity index (χ0n) is 17.4. The molecule has 0 N–H and O–H groups in total. The number of fused-ring (bicyclic) bond motifs is 3. The van der Waals surface area contributed by atoms with Crippen molar-refractivity contribution in [1.29, 1.82) is 0 Å². The van der Waals surface area contributed by atoms with Gasteiger partial charge in [-0.05, 0) is 45.7 Å². The van der Waals surface area contributed by atoms with E-state index in [9.17, 15) is 9.59 Å². The molecule has 0 aromatic carbocycles. The minimum Gasteiger partial charge on any atom is -0.311 e. The van der Waals surface area contributed by atoms with Crippen molar-refractivity contribution in [3.63, 3.8) is 0 Å². The summed E-state index contributed by atoms with van der Waals surface area (Å²) in [5.41, 5.74) is 1.62. The Morgan fingerprint density at radius 2 is 1.76 bits per heavy atom. The fourth-order valence-electron chi connectivity index (χ4n) is 5.26. The van der Waals surface area contributed by atoms with Gasteiger partial charge < -0.3 is 9.47 Å². The van der Waals surface area contributed by atoms with Gasteiger partial charge in [-0.2, -0.15) is 4.98 Å². The number of piperidine rings is 1. The molecule has 2 fully saturated rings. The fraction of sp³-hybridized carbons (Fsp3) is 0.667. The van der Waals surface area contributed by atoms with Gasteiger partial charge in [0, 0.05) is 38.1 Å². The fourth-order valence-corrected chi connectivity index (χ4v) is 5.26. The van der Waals surface area contributed by atoms with E-state index in [-0.39, 0.29) is 11.2 Å². The average molecular weight is 399 g/mol. The van der Waals surface area contributed by atoms with Gasteiger partial charge in [-0.15, -0.1) is 0 Å². The molecule has 2 aliphatic rings. The number of rotatable bonds is 4. The summed E-state index contributed by atoms with van der Waals surface area (Å²) in [7, 11) is 1.72. The number of imidazole rings is 2. The Hall–Kier alpha value is -2.35. The highest BCUT2D eigenvalue weighted by Crippen LogP contribution is 2.33. The lowest BCUT2D eigenvalue weighted by Crippen LogP contribution is -2.43. The van der Waals surface area contributed by atoms with E-state index in [1.54, 1.807) is 7.05 Å². The van der Waals surface area contributed by atoms with E-state index in [1.807, 2.05) is 10.6 Å². The molecule has 8 nitrogen and oxygen atoms in total. The third kappa shape index (κ3) is 2.96. The lowest BCUT2D eigenvalue weighted by molar-refractivity contribution is 0.218. The largest absolute Gasteiger partial charge is 0.332 e. The second-order valence-corrected chi connectivity index (χ2v) is 8.73. The smallest absolute Gasteiger partial charge is 0.311 e. The van der Waals surface area contributed by atoms with Crippen molar-refractivity contribution in [3.8, 4) is 0 Å². The van der Waals surface area contributed by atoms with Gasteiger partial charge in [-0.3, -0.25) is 18.3 Å². The van der Waals surface area contributed by atoms with Gasteiger partial charge in [0.25, 0.3) is 5.56 Å². The van der Waals surface area contributed by atoms with Crippen molar-refractivity contribution in [2.24, 2.45) is 7.05 Å². The maximum absolute atomic E-state index is 13.4. The van der Waals surface area contributed by atoms with E-state index in [0.29, 0.717) is 23.8 Å². The van der Waals surface area contributed by atoms with Crippen LogP contribution in [-0.4, -0.2) is 47.6 Å². The highest BCUT2D eigenvalue weighted by atomic mass is 16.2. The number of aryl methyl sites for hydroxylation is 2. The van der Waals surface area contributed by atoms with Crippen LogP contribution in [0.1, 0.15) is 56.7 Å². The summed E-state index contributed by atoms with van der Waals surface area (Å²) in [4.78, 5) is 33.4. The zero-order chi connectivity index (χ0) is 20.1. The number of hydrogen-bond acceptors (Lipinski definition) is 4. The van der Waals surface area contributed by atoms with Crippen molar-refractivity contribution in [1.82, 2.24) is 28.0 Å². The van der Waals surface area contributed by atoms with E-state index in [2.05, 4.69) is 16.4 Å². The molecule has 3 aromatic rings. The van der Waals surface area contributed by atoms with Crippen molar-refractivity contribution in [2.75, 3.05) is 19.6 Å². The van der Waals surface area contributed by atoms with E-state index < -0.39 is 0 Å². The lowest BCUT2D eigenvalue weighted by atomic mass is 10.1. The number of nitrogens with zero attached hydrogens (tertiary/aromatic N) is 6. The van der Waals surface area contributed by atoms with E-state index in [0.717, 1.165) is 43.9 Å². The van der Waals surface area contributed by atoms with Crippen molar-refractivity contribution in [2.45, 2.75) is 64.5 Å². The Balaban J connectivity index is 1.62. The first-order chi connectivity index (χ1) is 14.1. The lowest BCUT2D eigenvalue weighted by Gasteiger charge is -2.26. The highest BCUT2D eigenvalue weighted by molar-refractivity contribution is 5.75. The van der Waals surface area contributed by atoms with Crippen molar-refractivity contribution < 1.29 is 0 Å². The summed E-state index contributed by atoms with van der Waals surface area (Å²) in [5, 5.41) is 0. The molecule has 0 atom stereocenters. The number of hydrogen-bond donors (Lipinski definition) is 0. The van der Waals surface area contributed by atoms with Gasteiger partial charge in [0.05, 0.1) is 0 Å². The summed E-state index contributed by atoms with van der Waals surface area (Å²) >= 11 is 0. The molecule has 29 heavy (non-hydrogen) atoms. The average Bonchev–Trinajstić information content (AvgIpc) is 3.42. The molecule has 1 aliphatic carbocycles. The van der Waals surface area contributed by atoms with Crippen LogP contribution in [0.2, 0.25) is 0 Å². The molecule has 0 amide bonds. The van der Waals surface area contributed by atoms with Crippen LogP contribution in [0, 0.1) is 6.92 Å². The Labute approximate surface area is 169 Å². The molecule has 0 radical (unpaired) electrons. The molecule has 0 spiro atoms. The molecule has 3 aromatic heterocycles. The van der Waals surface area contributed by atoms with E-state index in [4.69, 9.17) is 4.98 Å². The first kappa shape index (κ1) is 18.7.